The minimum Gasteiger partial charge on any atom is -0.790 e. The average Bonchev–Trinajstić information content (AvgIpc) is 3.76. The van der Waals surface area contributed by atoms with Crippen LogP contribution in [0.1, 0.15) is 91.2 Å². The van der Waals surface area contributed by atoms with Crippen LogP contribution in [-0.2, 0) is 55.5 Å². The van der Waals surface area contributed by atoms with Gasteiger partial charge in [-0.15, -0.1) is 0 Å². The first-order valence-corrected chi connectivity index (χ1v) is 25.5. The predicted octanol–water partition coefficient (Wildman–Crippen LogP) is -0.207. The van der Waals surface area contributed by atoms with Crippen molar-refractivity contribution in [2.45, 2.75) is 116 Å². The van der Waals surface area contributed by atoms with Gasteiger partial charge in [-0.05, 0) is 32.1 Å². The number of aliphatic hydroxyl groups is 2. The minimum absolute atomic E-state index is 0.0269. The van der Waals surface area contributed by atoms with Crippen LogP contribution in [0.3, 0.4) is 0 Å². The molecule has 0 bridgehead atoms. The second kappa shape index (κ2) is 25.8. The van der Waals surface area contributed by atoms with Gasteiger partial charge in [-0.2, -0.15) is 0 Å². The van der Waals surface area contributed by atoms with Crippen molar-refractivity contribution < 1.29 is 85.3 Å². The number of unbranched alkanes of at least 4 members (excludes halogenated alkanes) is 5. The molecule has 362 valence electrons. The third-order valence-corrected chi connectivity index (χ3v) is 13.2. The quantitative estimate of drug-likeness (QED) is 0.0293. The SMILES string of the molecule is CCCCC/C=C\CCCCC(=O)CC(=O)SCCNC(=O)CCNC(=O)[C@H](O)C(C)(C)COP(=O)([O-])OP(=O)([O-])OC[C@H]1O[C@@H](n2cnc3c(N)ncnc32)[C@H](O)[C@@H]1OP(=O)([O-])[O-]. The summed E-state index contributed by atoms with van der Waals surface area (Å²) in [6.07, 6.45) is 3.75. The summed E-state index contributed by atoms with van der Waals surface area (Å²) >= 11 is 0.912. The van der Waals surface area contributed by atoms with E-state index in [1.165, 1.54) is 33.1 Å². The number of hydrogen-bond donors (Lipinski definition) is 5. The number of nitrogens with one attached hydrogen (secondary N) is 2. The van der Waals surface area contributed by atoms with E-state index in [4.69, 9.17) is 10.5 Å². The number of allylic oxidation sites excluding steroid dienone is 2. The fraction of sp³-hybridized carbons (Fsp3) is 0.686. The van der Waals surface area contributed by atoms with Crippen molar-refractivity contribution in [3.8, 4) is 0 Å². The summed E-state index contributed by atoms with van der Waals surface area (Å²) in [5.74, 6) is -1.56. The summed E-state index contributed by atoms with van der Waals surface area (Å²) in [7, 11) is -17.6. The number of carbonyl (C=O) groups excluding carboxylic acids is 4. The fourth-order valence-electron chi connectivity index (χ4n) is 5.90. The van der Waals surface area contributed by atoms with Crippen molar-refractivity contribution in [1.29, 1.82) is 0 Å². The van der Waals surface area contributed by atoms with Gasteiger partial charge in [0.2, 0.25) is 11.8 Å². The molecule has 2 amide bonds. The van der Waals surface area contributed by atoms with E-state index in [-0.39, 0.29) is 59.6 Å². The number of rotatable bonds is 30. The van der Waals surface area contributed by atoms with Crippen molar-refractivity contribution >= 4 is 74.9 Å². The molecule has 2 aromatic heterocycles. The summed E-state index contributed by atoms with van der Waals surface area (Å²) in [4.78, 5) is 109. The molecule has 0 spiro atoms. The van der Waals surface area contributed by atoms with Crippen LogP contribution < -0.4 is 35.9 Å². The van der Waals surface area contributed by atoms with Gasteiger partial charge in [0.15, 0.2) is 22.8 Å². The zero-order valence-electron chi connectivity index (χ0n) is 35.3. The van der Waals surface area contributed by atoms with Gasteiger partial charge in [0.05, 0.1) is 33.8 Å². The van der Waals surface area contributed by atoms with E-state index in [1.54, 1.807) is 0 Å². The molecule has 64 heavy (non-hydrogen) atoms. The van der Waals surface area contributed by atoms with Gasteiger partial charge in [0.1, 0.15) is 42.0 Å². The number of aromatic nitrogens is 4. The highest BCUT2D eigenvalue weighted by atomic mass is 32.2. The lowest BCUT2D eigenvalue weighted by Gasteiger charge is -2.36. The summed E-state index contributed by atoms with van der Waals surface area (Å²) in [5.41, 5.74) is 4.04. The van der Waals surface area contributed by atoms with E-state index in [0.717, 1.165) is 48.2 Å². The Bertz CT molecular complexity index is 2060. The Hall–Kier alpha value is -3.03. The van der Waals surface area contributed by atoms with Crippen LogP contribution in [0.25, 0.3) is 11.2 Å². The van der Waals surface area contributed by atoms with Crippen molar-refractivity contribution in [2.75, 3.05) is 37.8 Å². The smallest absolute Gasteiger partial charge is 0.274 e. The van der Waals surface area contributed by atoms with Crippen LogP contribution >= 0.6 is 35.2 Å². The highest BCUT2D eigenvalue weighted by molar-refractivity contribution is 8.13. The van der Waals surface area contributed by atoms with Gasteiger partial charge >= 0.3 is 0 Å². The van der Waals surface area contributed by atoms with E-state index in [0.29, 0.717) is 12.8 Å². The highest BCUT2D eigenvalue weighted by Gasteiger charge is 2.47. The number of ether oxygens (including phenoxy) is 1. The third-order valence-electron chi connectivity index (χ3n) is 9.30. The zero-order chi connectivity index (χ0) is 47.7. The standard InChI is InChI=1S/C35H58N7O18P3S/c1-4-5-6-7-8-9-10-11-12-13-23(43)18-26(45)64-17-16-37-25(44)14-15-38-33(48)30(47)35(2,3)20-57-63(54,55)60-62(52,53)56-19-24-29(59-61(49,50)51)28(46)34(58-24)42-22-41-27-31(36)39-21-40-32(27)42/h8-9,21-22,24,28-30,34,46-47H,4-7,10-20H2,1-3H3,(H,37,44)(H,38,48)(H,52,53)(H,54,55)(H2,36,39,40)(H2,49,50,51)/p-4/b9-8-/t24-,28-,29-,30+,34-/m1/s1. The van der Waals surface area contributed by atoms with E-state index >= 15 is 0 Å². The highest BCUT2D eigenvalue weighted by Crippen LogP contribution is 2.56. The van der Waals surface area contributed by atoms with Crippen LogP contribution in [0.4, 0.5) is 5.82 Å². The lowest BCUT2D eigenvalue weighted by Crippen LogP contribution is -2.46. The lowest BCUT2D eigenvalue weighted by molar-refractivity contribution is -0.347. The summed E-state index contributed by atoms with van der Waals surface area (Å²) in [6, 6.07) is 0. The monoisotopic (exact) mass is 985 g/mol. The molecule has 1 fully saturated rings. The topological polar surface area (TPSA) is 392 Å². The van der Waals surface area contributed by atoms with Crippen LogP contribution in [0.2, 0.25) is 0 Å². The van der Waals surface area contributed by atoms with Crippen molar-refractivity contribution in [3.05, 3.63) is 24.8 Å². The van der Waals surface area contributed by atoms with Gasteiger partial charge in [-0.1, -0.05) is 57.5 Å². The molecule has 0 aliphatic carbocycles. The Morgan fingerprint density at radius 2 is 1.66 bits per heavy atom. The molecule has 2 unspecified atom stereocenters. The Kier molecular flexibility index (Phi) is 22.3. The molecule has 25 nitrogen and oxygen atoms in total. The van der Waals surface area contributed by atoms with Gasteiger partial charge in [0, 0.05) is 37.1 Å². The van der Waals surface area contributed by atoms with Crippen LogP contribution in [-0.4, -0.2) is 109 Å². The number of carbonyl (C=O) groups is 4. The first-order valence-electron chi connectivity index (χ1n) is 20.1. The molecule has 1 aliphatic rings. The summed E-state index contributed by atoms with van der Waals surface area (Å²) < 4.78 is 60.7. The summed E-state index contributed by atoms with van der Waals surface area (Å²) in [5, 5.41) is 25.9. The van der Waals surface area contributed by atoms with Gasteiger partial charge in [0.25, 0.3) is 15.6 Å². The van der Waals surface area contributed by atoms with E-state index in [9.17, 15) is 62.7 Å². The van der Waals surface area contributed by atoms with Gasteiger partial charge in [-0.25, -0.2) is 19.3 Å². The first kappa shape index (κ1) is 55.3. The Morgan fingerprint density at radius 1 is 0.984 bits per heavy atom. The van der Waals surface area contributed by atoms with E-state index < -0.39 is 84.6 Å². The van der Waals surface area contributed by atoms with Crippen LogP contribution in [0.15, 0.2) is 24.8 Å². The molecule has 3 heterocycles. The number of Topliss-reactive ketones (excluding diaryl/α,β-unsaturated/α-hetero) is 1. The molecule has 1 aliphatic heterocycles. The maximum Gasteiger partial charge on any atom is 0.274 e. The maximum atomic E-state index is 12.6. The van der Waals surface area contributed by atoms with Crippen molar-refractivity contribution in [1.82, 2.24) is 30.2 Å². The average molecular weight is 986 g/mol. The molecule has 6 N–H and O–H groups in total. The number of thioether (sulfide) groups is 1. The molecule has 1 saturated heterocycles. The molecule has 0 aromatic carbocycles. The number of fused-ring (bicyclic) bond motifs is 1. The Labute approximate surface area is 373 Å². The number of nitrogens with zero attached hydrogens (tertiary/aromatic N) is 4. The van der Waals surface area contributed by atoms with Gasteiger partial charge in [-0.3, -0.25) is 32.9 Å². The molecule has 0 saturated carbocycles. The second-order valence-electron chi connectivity index (χ2n) is 15.1. The van der Waals surface area contributed by atoms with Crippen LogP contribution in [0.5, 0.6) is 0 Å². The van der Waals surface area contributed by atoms with Gasteiger partial charge < -0.3 is 69.0 Å². The fourth-order valence-corrected chi connectivity index (χ4v) is 9.34. The van der Waals surface area contributed by atoms with E-state index in [1.807, 2.05) is 0 Å². The van der Waals surface area contributed by atoms with Crippen molar-refractivity contribution in [3.63, 3.8) is 0 Å². The zero-order valence-corrected chi connectivity index (χ0v) is 38.8. The summed E-state index contributed by atoms with van der Waals surface area (Å²) in [6.45, 7) is 2.07. The third kappa shape index (κ3) is 19.1. The number of hydrogen-bond acceptors (Lipinski definition) is 23. The number of nitrogen functional groups attached to an aromatic ring is 1. The molecule has 3 rings (SSSR count). The molecular weight excluding hydrogens is 931 g/mol. The van der Waals surface area contributed by atoms with Crippen LogP contribution in [0, 0.1) is 5.41 Å². The molecule has 7 atom stereocenters. The number of anilines is 1. The van der Waals surface area contributed by atoms with Crippen molar-refractivity contribution in [2.24, 2.45) is 5.41 Å². The van der Waals surface area contributed by atoms with E-state index in [2.05, 4.69) is 62.5 Å². The maximum absolute atomic E-state index is 12.6. The number of imidazole rings is 1. The number of phosphoric acid groups is 3. The molecule has 29 heteroatoms. The number of aliphatic hydroxyl groups excluding tert-OH is 2. The number of phosphoric ester groups is 3. The number of ketones is 1. The second-order valence-corrected chi connectivity index (χ2v) is 20.3. The Morgan fingerprint density at radius 3 is 2.33 bits per heavy atom. The number of amides is 2. The Balaban J connectivity index is 1.37. The minimum atomic E-state index is -5.93. The molecule has 0 radical (unpaired) electrons. The predicted molar refractivity (Wildman–Crippen MR) is 220 cm³/mol. The molecule has 2 aromatic rings. The normalized spacial score (nSPS) is 20.5. The lowest BCUT2D eigenvalue weighted by atomic mass is 9.87. The molecular formula is C35H54N7O18P3S-4. The first-order chi connectivity index (χ1) is 29.9. The largest absolute Gasteiger partial charge is 0.790 e. The number of nitrogens with two attached hydrogens (primary N) is 1.